The fraction of sp³-hybridized carbons (Fsp3) is 0.250. The second-order valence-corrected chi connectivity index (χ2v) is 3.71. The summed E-state index contributed by atoms with van der Waals surface area (Å²) >= 11 is 17.3. The Morgan fingerprint density at radius 1 is 1.17 bits per heavy atom. The van der Waals surface area contributed by atoms with Gasteiger partial charge in [0.1, 0.15) is 0 Å². The molecule has 1 rings (SSSR count). The second kappa shape index (κ2) is 3.84. The molecule has 1 aromatic carbocycles. The van der Waals surface area contributed by atoms with Gasteiger partial charge < -0.3 is 5.11 Å². The summed E-state index contributed by atoms with van der Waals surface area (Å²) in [7, 11) is 0. The molecule has 0 heterocycles. The summed E-state index contributed by atoms with van der Waals surface area (Å²) < 4.78 is 0. The van der Waals surface area contributed by atoms with Crippen molar-refractivity contribution in [2.45, 2.75) is 13.0 Å². The molecule has 0 amide bonds. The molecule has 12 heavy (non-hydrogen) atoms. The molecular weight excluding hydrogens is 218 g/mol. The first-order valence-corrected chi connectivity index (χ1v) is 4.48. The van der Waals surface area contributed by atoms with Gasteiger partial charge in [-0.3, -0.25) is 0 Å². The Labute approximate surface area is 85.9 Å². The zero-order valence-electron chi connectivity index (χ0n) is 6.31. The SMILES string of the molecule is C[C@H](O)c1c(Cl)cc(Cl)cc1Cl. The summed E-state index contributed by atoms with van der Waals surface area (Å²) in [5, 5.41) is 10.5. The molecule has 1 atom stereocenters. The Kier molecular flexibility index (Phi) is 3.24. The van der Waals surface area contributed by atoms with E-state index in [0.29, 0.717) is 20.6 Å². The van der Waals surface area contributed by atoms with Gasteiger partial charge in [-0.15, -0.1) is 0 Å². The zero-order valence-corrected chi connectivity index (χ0v) is 8.58. The second-order valence-electron chi connectivity index (χ2n) is 2.46. The molecule has 66 valence electrons. The monoisotopic (exact) mass is 224 g/mol. The molecule has 0 radical (unpaired) electrons. The molecular formula is C8H7Cl3O. The van der Waals surface area contributed by atoms with E-state index in [2.05, 4.69) is 0 Å². The molecule has 1 nitrogen and oxygen atoms in total. The van der Waals surface area contributed by atoms with Gasteiger partial charge in [0.2, 0.25) is 0 Å². The van der Waals surface area contributed by atoms with Gasteiger partial charge >= 0.3 is 0 Å². The van der Waals surface area contributed by atoms with Crippen LogP contribution in [0.3, 0.4) is 0 Å². The third-order valence-corrected chi connectivity index (χ3v) is 2.31. The highest BCUT2D eigenvalue weighted by molar-refractivity contribution is 6.39. The molecule has 0 unspecified atom stereocenters. The van der Waals surface area contributed by atoms with Crippen molar-refractivity contribution >= 4 is 34.8 Å². The number of halogens is 3. The van der Waals surface area contributed by atoms with Crippen LogP contribution < -0.4 is 0 Å². The number of aliphatic hydroxyl groups excluding tert-OH is 1. The maximum absolute atomic E-state index is 9.26. The summed E-state index contributed by atoms with van der Waals surface area (Å²) in [6.07, 6.45) is -0.678. The van der Waals surface area contributed by atoms with Crippen LogP contribution in [0, 0.1) is 0 Å². The minimum atomic E-state index is -0.678. The van der Waals surface area contributed by atoms with E-state index in [1.165, 1.54) is 0 Å². The van der Waals surface area contributed by atoms with Crippen LogP contribution >= 0.6 is 34.8 Å². The number of benzene rings is 1. The van der Waals surface area contributed by atoms with Gasteiger partial charge in [0.15, 0.2) is 0 Å². The lowest BCUT2D eigenvalue weighted by Crippen LogP contribution is -1.93. The van der Waals surface area contributed by atoms with E-state index >= 15 is 0 Å². The number of hydrogen-bond acceptors (Lipinski definition) is 1. The summed E-state index contributed by atoms with van der Waals surface area (Å²) in [6, 6.07) is 3.11. The van der Waals surface area contributed by atoms with Crippen LogP contribution in [0.5, 0.6) is 0 Å². The molecule has 0 aliphatic heterocycles. The highest BCUT2D eigenvalue weighted by atomic mass is 35.5. The quantitative estimate of drug-likeness (QED) is 0.773. The predicted molar refractivity (Wildman–Crippen MR) is 52.1 cm³/mol. The predicted octanol–water partition coefficient (Wildman–Crippen LogP) is 3.70. The fourth-order valence-electron chi connectivity index (χ4n) is 0.952. The molecule has 0 spiro atoms. The van der Waals surface area contributed by atoms with Gasteiger partial charge in [-0.2, -0.15) is 0 Å². The van der Waals surface area contributed by atoms with Crippen molar-refractivity contribution in [1.82, 2.24) is 0 Å². The normalized spacial score (nSPS) is 13.1. The lowest BCUT2D eigenvalue weighted by Gasteiger charge is -2.09. The molecule has 4 heteroatoms. The molecule has 0 aliphatic rings. The average molecular weight is 226 g/mol. The zero-order chi connectivity index (χ0) is 9.30. The highest BCUT2D eigenvalue weighted by Gasteiger charge is 2.11. The van der Waals surface area contributed by atoms with E-state index in [0.717, 1.165) is 0 Å². The standard InChI is InChI=1S/C8H7Cl3O/c1-4(12)8-6(10)2-5(9)3-7(8)11/h2-4,12H,1H3/t4-/m0/s1. The third kappa shape index (κ3) is 2.05. The van der Waals surface area contributed by atoms with E-state index in [1.807, 2.05) is 0 Å². The van der Waals surface area contributed by atoms with Crippen molar-refractivity contribution in [3.63, 3.8) is 0 Å². The average Bonchev–Trinajstić information content (AvgIpc) is 1.82. The Hall–Kier alpha value is 0.0500. The largest absolute Gasteiger partial charge is 0.389 e. The first-order valence-electron chi connectivity index (χ1n) is 3.35. The van der Waals surface area contributed by atoms with Crippen molar-refractivity contribution in [2.75, 3.05) is 0 Å². The van der Waals surface area contributed by atoms with Crippen LogP contribution in [0.1, 0.15) is 18.6 Å². The summed E-state index contributed by atoms with van der Waals surface area (Å²) in [6.45, 7) is 1.60. The minimum Gasteiger partial charge on any atom is -0.389 e. The van der Waals surface area contributed by atoms with E-state index in [4.69, 9.17) is 34.8 Å². The van der Waals surface area contributed by atoms with Crippen LogP contribution in [-0.2, 0) is 0 Å². The Bertz CT molecular complexity index is 273. The lowest BCUT2D eigenvalue weighted by molar-refractivity contribution is 0.199. The minimum absolute atomic E-state index is 0.391. The van der Waals surface area contributed by atoms with Gasteiger partial charge in [0.05, 0.1) is 6.10 Å². The Morgan fingerprint density at radius 3 is 1.92 bits per heavy atom. The molecule has 0 aliphatic carbocycles. The Morgan fingerprint density at radius 2 is 1.58 bits per heavy atom. The first kappa shape index (κ1) is 10.1. The van der Waals surface area contributed by atoms with Crippen molar-refractivity contribution in [3.05, 3.63) is 32.8 Å². The van der Waals surface area contributed by atoms with E-state index in [-0.39, 0.29) is 0 Å². The third-order valence-electron chi connectivity index (χ3n) is 1.46. The highest BCUT2D eigenvalue weighted by Crippen LogP contribution is 2.33. The molecule has 1 N–H and O–H groups in total. The van der Waals surface area contributed by atoms with Crippen molar-refractivity contribution in [2.24, 2.45) is 0 Å². The fourth-order valence-corrected chi connectivity index (χ4v) is 2.09. The molecule has 0 aromatic heterocycles. The molecule has 0 fully saturated rings. The topological polar surface area (TPSA) is 20.2 Å². The van der Waals surface area contributed by atoms with Crippen molar-refractivity contribution < 1.29 is 5.11 Å². The van der Waals surface area contributed by atoms with Gasteiger partial charge in [0.25, 0.3) is 0 Å². The van der Waals surface area contributed by atoms with Gasteiger partial charge in [0, 0.05) is 20.6 Å². The first-order chi connectivity index (χ1) is 5.52. The number of rotatable bonds is 1. The molecule has 0 saturated carbocycles. The van der Waals surface area contributed by atoms with Crippen LogP contribution in [0.15, 0.2) is 12.1 Å². The van der Waals surface area contributed by atoms with Gasteiger partial charge in [-0.25, -0.2) is 0 Å². The number of hydrogen-bond donors (Lipinski definition) is 1. The smallest absolute Gasteiger partial charge is 0.0791 e. The van der Waals surface area contributed by atoms with Crippen LogP contribution in [0.4, 0.5) is 0 Å². The molecule has 1 aromatic rings. The van der Waals surface area contributed by atoms with Crippen molar-refractivity contribution in [1.29, 1.82) is 0 Å². The van der Waals surface area contributed by atoms with Crippen molar-refractivity contribution in [3.8, 4) is 0 Å². The summed E-state index contributed by atoms with van der Waals surface area (Å²) in [4.78, 5) is 0. The number of aliphatic hydroxyl groups is 1. The maximum atomic E-state index is 9.26. The van der Waals surface area contributed by atoms with Crippen LogP contribution in [-0.4, -0.2) is 5.11 Å². The Balaban J connectivity index is 3.28. The van der Waals surface area contributed by atoms with Crippen LogP contribution in [0.25, 0.3) is 0 Å². The summed E-state index contributed by atoms with van der Waals surface area (Å²) in [5.74, 6) is 0. The molecule has 0 bridgehead atoms. The van der Waals surface area contributed by atoms with Crippen LogP contribution in [0.2, 0.25) is 15.1 Å². The van der Waals surface area contributed by atoms with Gasteiger partial charge in [-0.1, -0.05) is 34.8 Å². The van der Waals surface area contributed by atoms with Gasteiger partial charge in [-0.05, 0) is 19.1 Å². The van der Waals surface area contributed by atoms with E-state index in [1.54, 1.807) is 19.1 Å². The molecule has 0 saturated heterocycles. The maximum Gasteiger partial charge on any atom is 0.0791 e. The van der Waals surface area contributed by atoms with E-state index < -0.39 is 6.10 Å². The lowest BCUT2D eigenvalue weighted by atomic mass is 10.1. The van der Waals surface area contributed by atoms with E-state index in [9.17, 15) is 5.11 Å². The summed E-state index contributed by atoms with van der Waals surface area (Å²) in [5.41, 5.74) is 0.516.